The molecule has 0 fully saturated rings. The van der Waals surface area contributed by atoms with Crippen molar-refractivity contribution in [2.45, 2.75) is 10.9 Å². The Kier molecular flexibility index (Phi) is 5.57. The quantitative estimate of drug-likeness (QED) is 0.823. The molecule has 1 atom stereocenters. The highest BCUT2D eigenvalue weighted by Gasteiger charge is 2.25. The van der Waals surface area contributed by atoms with Crippen molar-refractivity contribution in [3.63, 3.8) is 0 Å². The number of aliphatic carboxylic acids is 1. The van der Waals surface area contributed by atoms with Gasteiger partial charge in [0.15, 0.2) is 0 Å². The van der Waals surface area contributed by atoms with E-state index in [0.29, 0.717) is 0 Å². The Morgan fingerprint density at radius 3 is 2.53 bits per heavy atom. The van der Waals surface area contributed by atoms with Crippen LogP contribution in [0.15, 0.2) is 23.1 Å². The van der Waals surface area contributed by atoms with Gasteiger partial charge >= 0.3 is 5.97 Å². The number of carboxylic acids is 1. The summed E-state index contributed by atoms with van der Waals surface area (Å²) in [6, 6.07) is 2.29. The SMILES string of the molecule is COCC(NS(=O)(=O)c1ccc(Cl)c(Cl)c1)C(=O)O. The fourth-order valence-electron chi connectivity index (χ4n) is 1.22. The topological polar surface area (TPSA) is 92.7 Å². The van der Waals surface area contributed by atoms with Crippen LogP contribution in [0, 0.1) is 0 Å². The van der Waals surface area contributed by atoms with Crippen molar-refractivity contribution in [3.8, 4) is 0 Å². The molecular formula is C10H11Cl2NO5S. The highest BCUT2D eigenvalue weighted by Crippen LogP contribution is 2.24. The van der Waals surface area contributed by atoms with Crippen LogP contribution in [0.1, 0.15) is 0 Å². The van der Waals surface area contributed by atoms with Crippen molar-refractivity contribution in [1.82, 2.24) is 4.72 Å². The van der Waals surface area contributed by atoms with Gasteiger partial charge in [0.25, 0.3) is 0 Å². The summed E-state index contributed by atoms with van der Waals surface area (Å²) in [6.45, 7) is -0.296. The molecule has 0 heterocycles. The molecule has 0 amide bonds. The largest absolute Gasteiger partial charge is 0.480 e. The number of benzene rings is 1. The van der Waals surface area contributed by atoms with Gasteiger partial charge in [0.05, 0.1) is 21.5 Å². The van der Waals surface area contributed by atoms with E-state index in [4.69, 9.17) is 28.3 Å². The maximum Gasteiger partial charge on any atom is 0.324 e. The number of nitrogens with one attached hydrogen (secondary N) is 1. The molecule has 0 saturated carbocycles. The molecule has 6 nitrogen and oxygen atoms in total. The predicted octanol–water partition coefficient (Wildman–Crippen LogP) is 1.37. The second kappa shape index (κ2) is 6.53. The van der Waals surface area contributed by atoms with Gasteiger partial charge in [-0.1, -0.05) is 23.2 Å². The lowest BCUT2D eigenvalue weighted by Gasteiger charge is -2.14. The number of carbonyl (C=O) groups is 1. The highest BCUT2D eigenvalue weighted by atomic mass is 35.5. The maximum atomic E-state index is 12.0. The summed E-state index contributed by atoms with van der Waals surface area (Å²) < 4.78 is 30.5. The molecule has 9 heteroatoms. The number of ether oxygens (including phenoxy) is 1. The maximum absolute atomic E-state index is 12.0. The smallest absolute Gasteiger partial charge is 0.324 e. The Morgan fingerprint density at radius 2 is 2.05 bits per heavy atom. The molecule has 1 unspecified atom stereocenters. The van der Waals surface area contributed by atoms with Gasteiger partial charge in [0.1, 0.15) is 6.04 Å². The second-order valence-corrected chi connectivity index (χ2v) is 6.07. The van der Waals surface area contributed by atoms with Gasteiger partial charge < -0.3 is 9.84 Å². The molecule has 0 aliphatic heterocycles. The number of sulfonamides is 1. The number of methoxy groups -OCH3 is 1. The number of hydrogen-bond donors (Lipinski definition) is 2. The molecule has 106 valence electrons. The molecule has 19 heavy (non-hydrogen) atoms. The summed E-state index contributed by atoms with van der Waals surface area (Å²) >= 11 is 11.4. The van der Waals surface area contributed by atoms with Crippen molar-refractivity contribution in [3.05, 3.63) is 28.2 Å². The van der Waals surface area contributed by atoms with Crippen LogP contribution >= 0.6 is 23.2 Å². The predicted molar refractivity (Wildman–Crippen MR) is 70.1 cm³/mol. The van der Waals surface area contributed by atoms with Gasteiger partial charge in [-0.25, -0.2) is 8.42 Å². The Balaban J connectivity index is 3.03. The summed E-state index contributed by atoms with van der Waals surface area (Å²) in [5.74, 6) is -1.34. The third-order valence-electron chi connectivity index (χ3n) is 2.13. The Hall–Kier alpha value is -0.860. The van der Waals surface area contributed by atoms with E-state index in [2.05, 4.69) is 4.74 Å². The first-order valence-electron chi connectivity index (χ1n) is 4.97. The van der Waals surface area contributed by atoms with E-state index in [1.807, 2.05) is 4.72 Å². The van der Waals surface area contributed by atoms with Gasteiger partial charge in [0.2, 0.25) is 10.0 Å². The molecule has 1 aromatic rings. The third-order valence-corrected chi connectivity index (χ3v) is 4.34. The third kappa shape index (κ3) is 4.32. The van der Waals surface area contributed by atoms with Gasteiger partial charge in [-0.3, -0.25) is 4.79 Å². The summed E-state index contributed by atoms with van der Waals surface area (Å²) in [7, 11) is -2.75. The monoisotopic (exact) mass is 327 g/mol. The minimum atomic E-state index is -4.02. The minimum Gasteiger partial charge on any atom is -0.480 e. The van der Waals surface area contributed by atoms with Crippen LogP contribution in [0.2, 0.25) is 10.0 Å². The Morgan fingerprint density at radius 1 is 1.42 bits per heavy atom. The zero-order valence-electron chi connectivity index (χ0n) is 9.76. The second-order valence-electron chi connectivity index (χ2n) is 3.54. The average Bonchev–Trinajstić information content (AvgIpc) is 2.31. The number of carboxylic acid groups (broad SMARTS) is 1. The van der Waals surface area contributed by atoms with E-state index < -0.39 is 22.0 Å². The molecule has 0 saturated heterocycles. The summed E-state index contributed by atoms with van der Waals surface area (Å²) in [5, 5.41) is 9.12. The van der Waals surface area contributed by atoms with Crippen molar-refractivity contribution < 1.29 is 23.1 Å². The first-order chi connectivity index (χ1) is 8.77. The normalized spacial score (nSPS) is 13.2. The summed E-state index contributed by atoms with van der Waals surface area (Å²) in [4.78, 5) is 10.7. The van der Waals surface area contributed by atoms with Crippen molar-refractivity contribution >= 4 is 39.2 Å². The van der Waals surface area contributed by atoms with Crippen LogP contribution in [0.3, 0.4) is 0 Å². The first-order valence-corrected chi connectivity index (χ1v) is 7.21. The number of rotatable bonds is 6. The molecule has 0 bridgehead atoms. The first kappa shape index (κ1) is 16.2. The lowest BCUT2D eigenvalue weighted by molar-refractivity contribution is -0.140. The number of halogens is 2. The van der Waals surface area contributed by atoms with Gasteiger partial charge in [0, 0.05) is 7.11 Å². The van der Waals surface area contributed by atoms with E-state index >= 15 is 0 Å². The standard InChI is InChI=1S/C10H11Cl2NO5S/c1-18-5-9(10(14)15)13-19(16,17)6-2-3-7(11)8(12)4-6/h2-4,9,13H,5H2,1H3,(H,14,15). The van der Waals surface area contributed by atoms with E-state index in [1.54, 1.807) is 0 Å². The molecule has 0 radical (unpaired) electrons. The molecule has 0 spiro atoms. The van der Waals surface area contributed by atoms with Crippen LogP contribution in [0.25, 0.3) is 0 Å². The molecule has 0 aromatic heterocycles. The fraction of sp³-hybridized carbons (Fsp3) is 0.300. The summed E-state index contributed by atoms with van der Waals surface area (Å²) in [6.07, 6.45) is 0. The van der Waals surface area contributed by atoms with E-state index in [9.17, 15) is 13.2 Å². The van der Waals surface area contributed by atoms with Crippen LogP contribution in [0.5, 0.6) is 0 Å². The average molecular weight is 328 g/mol. The van der Waals surface area contributed by atoms with E-state index in [-0.39, 0.29) is 21.5 Å². The zero-order valence-corrected chi connectivity index (χ0v) is 12.1. The van der Waals surface area contributed by atoms with Gasteiger partial charge in [-0.2, -0.15) is 4.72 Å². The van der Waals surface area contributed by atoms with Gasteiger partial charge in [-0.05, 0) is 18.2 Å². The van der Waals surface area contributed by atoms with Crippen LogP contribution in [-0.4, -0.2) is 39.3 Å². The Bertz CT molecular complexity index is 575. The molecule has 0 aliphatic carbocycles. The lowest BCUT2D eigenvalue weighted by Crippen LogP contribution is -2.43. The zero-order chi connectivity index (χ0) is 14.6. The Labute approximate surface area is 120 Å². The molecule has 0 aliphatic rings. The highest BCUT2D eigenvalue weighted by molar-refractivity contribution is 7.89. The molecule has 1 rings (SSSR count). The molecule has 1 aromatic carbocycles. The molecular weight excluding hydrogens is 317 g/mol. The van der Waals surface area contributed by atoms with Crippen molar-refractivity contribution in [2.75, 3.05) is 13.7 Å². The minimum absolute atomic E-state index is 0.0585. The summed E-state index contributed by atoms with van der Waals surface area (Å²) in [5.41, 5.74) is 0. The van der Waals surface area contributed by atoms with Crippen LogP contribution < -0.4 is 4.72 Å². The van der Waals surface area contributed by atoms with Crippen molar-refractivity contribution in [2.24, 2.45) is 0 Å². The molecule has 2 N–H and O–H groups in total. The number of hydrogen-bond acceptors (Lipinski definition) is 4. The fourth-order valence-corrected chi connectivity index (χ4v) is 2.78. The van der Waals surface area contributed by atoms with Crippen molar-refractivity contribution in [1.29, 1.82) is 0 Å². The van der Waals surface area contributed by atoms with E-state index in [1.165, 1.54) is 19.2 Å². The lowest BCUT2D eigenvalue weighted by atomic mass is 10.3. The van der Waals surface area contributed by atoms with Gasteiger partial charge in [-0.15, -0.1) is 0 Å². The van der Waals surface area contributed by atoms with Crippen LogP contribution in [-0.2, 0) is 19.6 Å². The van der Waals surface area contributed by atoms with E-state index in [0.717, 1.165) is 6.07 Å². The van der Waals surface area contributed by atoms with Crippen LogP contribution in [0.4, 0.5) is 0 Å².